The topological polar surface area (TPSA) is 80.2 Å². The van der Waals surface area contributed by atoms with Gasteiger partial charge in [-0.05, 0) is 42.7 Å². The number of rotatable bonds is 9. The highest BCUT2D eigenvalue weighted by Gasteiger charge is 2.32. The van der Waals surface area contributed by atoms with Crippen LogP contribution in [-0.4, -0.2) is 33.7 Å². The maximum Gasteiger partial charge on any atom is 0.233 e. The first kappa shape index (κ1) is 22.1. The summed E-state index contributed by atoms with van der Waals surface area (Å²) in [5.41, 5.74) is 3.88. The number of benzene rings is 1. The van der Waals surface area contributed by atoms with Crippen molar-refractivity contribution in [2.45, 2.75) is 44.9 Å². The second-order valence-electron chi connectivity index (χ2n) is 7.67. The summed E-state index contributed by atoms with van der Waals surface area (Å²) in [4.78, 5) is 28.5. The first-order valence-electron chi connectivity index (χ1n) is 10.7. The van der Waals surface area contributed by atoms with Crippen molar-refractivity contribution in [2.24, 2.45) is 0 Å². The summed E-state index contributed by atoms with van der Waals surface area (Å²) >= 11 is 1.61. The van der Waals surface area contributed by atoms with Gasteiger partial charge in [0.2, 0.25) is 5.91 Å². The lowest BCUT2D eigenvalue weighted by Gasteiger charge is -2.18. The molecule has 1 aliphatic rings. The molecule has 32 heavy (non-hydrogen) atoms. The van der Waals surface area contributed by atoms with E-state index in [0.29, 0.717) is 24.1 Å². The molecule has 1 aromatic carbocycles. The zero-order chi connectivity index (χ0) is 22.5. The summed E-state index contributed by atoms with van der Waals surface area (Å²) in [5, 5.41) is 4.12. The third-order valence-electron chi connectivity index (χ3n) is 5.22. The van der Waals surface area contributed by atoms with Crippen molar-refractivity contribution in [3.8, 4) is 5.75 Å². The molecule has 4 rings (SSSR count). The van der Waals surface area contributed by atoms with Crippen LogP contribution in [0.4, 0.5) is 11.6 Å². The summed E-state index contributed by atoms with van der Waals surface area (Å²) in [6, 6.07) is 11.9. The molecule has 0 fully saturated rings. The number of hydrogen-bond acceptors (Lipinski definition) is 7. The number of aromatic nitrogens is 3. The van der Waals surface area contributed by atoms with E-state index < -0.39 is 0 Å². The normalized spacial score (nSPS) is 12.7. The lowest BCUT2D eigenvalue weighted by Crippen LogP contribution is -2.26. The van der Waals surface area contributed by atoms with Crippen LogP contribution in [0.5, 0.6) is 5.75 Å². The molecule has 0 bridgehead atoms. The fourth-order valence-corrected chi connectivity index (χ4v) is 4.17. The SMILES string of the molecule is CCCSc1nc(NCc2ccc(OC)cc2)c2c(n1)N(Cc1ccc(C)nc1)C(=O)C2. The third kappa shape index (κ3) is 5.02. The Balaban J connectivity index is 1.61. The standard InChI is InChI=1S/C24H27N5O2S/c1-4-11-32-24-27-22(26-13-17-7-9-19(31-3)10-8-17)20-12-21(30)29(23(20)28-24)15-18-6-5-16(2)25-14-18/h5-10,14H,4,11-13,15H2,1-3H3,(H,26,27,28). The van der Waals surface area contributed by atoms with Crippen molar-refractivity contribution >= 4 is 29.3 Å². The van der Waals surface area contributed by atoms with Crippen molar-refractivity contribution in [3.63, 3.8) is 0 Å². The zero-order valence-corrected chi connectivity index (χ0v) is 19.4. The predicted octanol–water partition coefficient (Wildman–Crippen LogP) is 4.39. The van der Waals surface area contributed by atoms with Gasteiger partial charge in [-0.1, -0.05) is 36.9 Å². The molecule has 0 saturated carbocycles. The highest BCUT2D eigenvalue weighted by molar-refractivity contribution is 7.99. The number of ether oxygens (including phenoxy) is 1. The molecule has 166 valence electrons. The van der Waals surface area contributed by atoms with Crippen LogP contribution in [0.15, 0.2) is 47.8 Å². The van der Waals surface area contributed by atoms with Crippen molar-refractivity contribution in [1.82, 2.24) is 15.0 Å². The van der Waals surface area contributed by atoms with Gasteiger partial charge in [-0.2, -0.15) is 0 Å². The monoisotopic (exact) mass is 449 g/mol. The lowest BCUT2D eigenvalue weighted by molar-refractivity contribution is -0.117. The molecule has 1 aliphatic heterocycles. The molecule has 0 saturated heterocycles. The van der Waals surface area contributed by atoms with Gasteiger partial charge in [0.25, 0.3) is 0 Å². The van der Waals surface area contributed by atoms with Gasteiger partial charge in [0, 0.05) is 29.8 Å². The van der Waals surface area contributed by atoms with Crippen LogP contribution in [0.2, 0.25) is 0 Å². The summed E-state index contributed by atoms with van der Waals surface area (Å²) in [5.74, 6) is 3.19. The van der Waals surface area contributed by atoms with E-state index in [2.05, 4.69) is 17.2 Å². The number of anilines is 2. The summed E-state index contributed by atoms with van der Waals surface area (Å²) < 4.78 is 5.23. The van der Waals surface area contributed by atoms with Gasteiger partial charge >= 0.3 is 0 Å². The van der Waals surface area contributed by atoms with Crippen molar-refractivity contribution < 1.29 is 9.53 Å². The second-order valence-corrected chi connectivity index (χ2v) is 8.73. The molecule has 1 amide bonds. The van der Waals surface area contributed by atoms with Crippen molar-refractivity contribution in [2.75, 3.05) is 23.1 Å². The highest BCUT2D eigenvalue weighted by atomic mass is 32.2. The first-order valence-corrected chi connectivity index (χ1v) is 11.7. The Kier molecular flexibility index (Phi) is 6.90. The molecule has 0 spiro atoms. The number of methoxy groups -OCH3 is 1. The third-order valence-corrected chi connectivity index (χ3v) is 6.27. The van der Waals surface area contributed by atoms with Crippen LogP contribution >= 0.6 is 11.8 Å². The molecule has 0 aliphatic carbocycles. The molecule has 3 aromatic rings. The van der Waals surface area contributed by atoms with E-state index in [1.165, 1.54) is 0 Å². The number of carbonyl (C=O) groups is 1. The molecule has 7 nitrogen and oxygen atoms in total. The number of aryl methyl sites for hydroxylation is 1. The second kappa shape index (κ2) is 9.99. The minimum atomic E-state index is 0.0278. The Morgan fingerprint density at radius 1 is 1.12 bits per heavy atom. The molecule has 8 heteroatoms. The number of carbonyl (C=O) groups excluding carboxylic acids is 1. The lowest BCUT2D eigenvalue weighted by atomic mass is 10.2. The van der Waals surface area contributed by atoms with Gasteiger partial charge in [-0.15, -0.1) is 0 Å². The van der Waals surface area contributed by atoms with Crippen LogP contribution in [0.25, 0.3) is 0 Å². The fraction of sp³-hybridized carbons (Fsp3) is 0.333. The molecule has 1 N–H and O–H groups in total. The Morgan fingerprint density at radius 3 is 2.59 bits per heavy atom. The Bertz CT molecular complexity index is 1090. The minimum absolute atomic E-state index is 0.0278. The largest absolute Gasteiger partial charge is 0.497 e. The number of nitrogens with one attached hydrogen (secondary N) is 1. The van der Waals surface area contributed by atoms with E-state index in [9.17, 15) is 4.79 Å². The van der Waals surface area contributed by atoms with Crippen LogP contribution < -0.4 is 15.0 Å². The first-order chi connectivity index (χ1) is 15.6. The van der Waals surface area contributed by atoms with Gasteiger partial charge < -0.3 is 10.1 Å². The average Bonchev–Trinajstić information content (AvgIpc) is 3.13. The van der Waals surface area contributed by atoms with E-state index >= 15 is 0 Å². The van der Waals surface area contributed by atoms with E-state index in [1.54, 1.807) is 23.8 Å². The summed E-state index contributed by atoms with van der Waals surface area (Å²) in [6.07, 6.45) is 3.13. The fourth-order valence-electron chi connectivity index (χ4n) is 3.47. The van der Waals surface area contributed by atoms with Crippen molar-refractivity contribution in [3.05, 3.63) is 65.0 Å². The van der Waals surface area contributed by atoms with E-state index in [-0.39, 0.29) is 12.3 Å². The van der Waals surface area contributed by atoms with E-state index in [0.717, 1.165) is 46.1 Å². The summed E-state index contributed by atoms with van der Waals surface area (Å²) in [7, 11) is 1.66. The van der Waals surface area contributed by atoms with Gasteiger partial charge in [0.1, 0.15) is 17.4 Å². The zero-order valence-electron chi connectivity index (χ0n) is 18.6. The van der Waals surface area contributed by atoms with Gasteiger partial charge in [0.15, 0.2) is 5.16 Å². The number of thioether (sulfide) groups is 1. The smallest absolute Gasteiger partial charge is 0.233 e. The highest BCUT2D eigenvalue weighted by Crippen LogP contribution is 2.35. The van der Waals surface area contributed by atoms with Crippen LogP contribution in [0.3, 0.4) is 0 Å². The Morgan fingerprint density at radius 2 is 1.91 bits per heavy atom. The number of pyridine rings is 1. The maximum atomic E-state index is 12.9. The average molecular weight is 450 g/mol. The molecule has 2 aromatic heterocycles. The molecule has 0 radical (unpaired) electrons. The molecular formula is C24H27N5O2S. The summed E-state index contributed by atoms with van der Waals surface area (Å²) in [6.45, 7) is 5.13. The van der Waals surface area contributed by atoms with E-state index in [4.69, 9.17) is 14.7 Å². The quantitative estimate of drug-likeness (QED) is 0.383. The van der Waals surface area contributed by atoms with Gasteiger partial charge in [-0.3, -0.25) is 14.7 Å². The minimum Gasteiger partial charge on any atom is -0.497 e. The Labute approximate surface area is 192 Å². The van der Waals surface area contributed by atoms with Gasteiger partial charge in [-0.25, -0.2) is 9.97 Å². The van der Waals surface area contributed by atoms with Crippen LogP contribution in [-0.2, 0) is 24.3 Å². The number of hydrogen-bond donors (Lipinski definition) is 1. The van der Waals surface area contributed by atoms with Crippen LogP contribution in [0, 0.1) is 6.92 Å². The molecule has 0 atom stereocenters. The number of fused-ring (bicyclic) bond motifs is 1. The maximum absolute atomic E-state index is 12.9. The predicted molar refractivity (Wildman–Crippen MR) is 127 cm³/mol. The molecular weight excluding hydrogens is 422 g/mol. The van der Waals surface area contributed by atoms with Crippen molar-refractivity contribution in [1.29, 1.82) is 0 Å². The number of nitrogens with zero attached hydrogens (tertiary/aromatic N) is 4. The number of amides is 1. The van der Waals surface area contributed by atoms with Crippen LogP contribution in [0.1, 0.15) is 35.7 Å². The molecule has 0 unspecified atom stereocenters. The molecule has 3 heterocycles. The van der Waals surface area contributed by atoms with Gasteiger partial charge in [0.05, 0.1) is 20.1 Å². The van der Waals surface area contributed by atoms with E-state index in [1.807, 2.05) is 49.5 Å². The Hall–Kier alpha value is -3.13.